The van der Waals surface area contributed by atoms with Gasteiger partial charge in [-0.15, -0.1) is 0 Å². The second-order valence-electron chi connectivity index (χ2n) is 12.9. The minimum atomic E-state index is -0.317. The van der Waals surface area contributed by atoms with Gasteiger partial charge in [-0.3, -0.25) is 0 Å². The van der Waals surface area contributed by atoms with Crippen LogP contribution in [-0.4, -0.2) is 4.57 Å². The number of aromatic nitrogens is 1. The van der Waals surface area contributed by atoms with Crippen molar-refractivity contribution in [3.05, 3.63) is 163 Å². The van der Waals surface area contributed by atoms with E-state index in [1.54, 1.807) is 0 Å². The van der Waals surface area contributed by atoms with Crippen LogP contribution in [0.3, 0.4) is 0 Å². The van der Waals surface area contributed by atoms with Crippen molar-refractivity contribution in [2.75, 3.05) is 5.32 Å². The molecule has 3 heterocycles. The number of rotatable bonds is 3. The number of hydrogen-bond donors (Lipinski definition) is 1. The molecule has 230 valence electrons. The molecular formula is C45H28N2O2. The average molecular weight is 629 g/mol. The summed E-state index contributed by atoms with van der Waals surface area (Å²) in [4.78, 5) is 0. The Balaban J connectivity index is 1.02. The van der Waals surface area contributed by atoms with E-state index in [-0.39, 0.29) is 6.23 Å². The molecule has 1 unspecified atom stereocenters. The summed E-state index contributed by atoms with van der Waals surface area (Å²) in [5.74, 6) is 0.830. The van der Waals surface area contributed by atoms with Crippen LogP contribution in [0.25, 0.3) is 82.1 Å². The first-order valence-electron chi connectivity index (χ1n) is 16.7. The van der Waals surface area contributed by atoms with E-state index in [9.17, 15) is 0 Å². The lowest BCUT2D eigenvalue weighted by Gasteiger charge is -2.14. The quantitative estimate of drug-likeness (QED) is 0.212. The Morgan fingerprint density at radius 3 is 1.86 bits per heavy atom. The van der Waals surface area contributed by atoms with Crippen molar-refractivity contribution in [2.45, 2.75) is 6.23 Å². The predicted molar refractivity (Wildman–Crippen MR) is 202 cm³/mol. The van der Waals surface area contributed by atoms with Gasteiger partial charge in [0.25, 0.3) is 0 Å². The van der Waals surface area contributed by atoms with Gasteiger partial charge in [0.05, 0.1) is 22.1 Å². The van der Waals surface area contributed by atoms with Crippen LogP contribution in [0.2, 0.25) is 0 Å². The van der Waals surface area contributed by atoms with Gasteiger partial charge in [0, 0.05) is 27.4 Å². The molecule has 49 heavy (non-hydrogen) atoms. The van der Waals surface area contributed by atoms with Crippen LogP contribution in [0.15, 0.2) is 162 Å². The largest absolute Gasteiger partial charge is 0.464 e. The topological polar surface area (TPSA) is 39.3 Å². The molecule has 0 saturated heterocycles. The van der Waals surface area contributed by atoms with Crippen LogP contribution in [0.4, 0.5) is 5.69 Å². The third-order valence-electron chi connectivity index (χ3n) is 10.2. The second kappa shape index (κ2) is 9.99. The number of benzene rings is 8. The fourth-order valence-electron chi connectivity index (χ4n) is 7.95. The Morgan fingerprint density at radius 1 is 0.490 bits per heavy atom. The van der Waals surface area contributed by atoms with Gasteiger partial charge in [-0.25, -0.2) is 0 Å². The fourth-order valence-corrected chi connectivity index (χ4v) is 7.95. The number of ether oxygens (including phenoxy) is 1. The highest BCUT2D eigenvalue weighted by Crippen LogP contribution is 2.48. The van der Waals surface area contributed by atoms with Crippen molar-refractivity contribution >= 4 is 71.0 Å². The molecule has 2 aromatic heterocycles. The lowest BCUT2D eigenvalue weighted by atomic mass is 10.00. The zero-order chi connectivity index (χ0) is 32.1. The van der Waals surface area contributed by atoms with Crippen LogP contribution in [0.1, 0.15) is 11.8 Å². The summed E-state index contributed by atoms with van der Waals surface area (Å²) in [6.45, 7) is 0. The Kier molecular flexibility index (Phi) is 5.41. The van der Waals surface area contributed by atoms with Crippen LogP contribution in [0.5, 0.6) is 5.75 Å². The van der Waals surface area contributed by atoms with Crippen molar-refractivity contribution in [1.82, 2.24) is 4.57 Å². The maximum absolute atomic E-state index is 6.71. The molecule has 0 radical (unpaired) electrons. The minimum Gasteiger partial charge on any atom is -0.464 e. The van der Waals surface area contributed by atoms with E-state index in [0.29, 0.717) is 0 Å². The molecule has 0 saturated carbocycles. The molecule has 8 aromatic carbocycles. The normalized spacial score (nSPS) is 14.2. The zero-order valence-electron chi connectivity index (χ0n) is 26.4. The first-order valence-corrected chi connectivity index (χ1v) is 16.7. The van der Waals surface area contributed by atoms with Crippen molar-refractivity contribution in [1.29, 1.82) is 0 Å². The van der Waals surface area contributed by atoms with Crippen molar-refractivity contribution < 1.29 is 9.15 Å². The smallest absolute Gasteiger partial charge is 0.196 e. The summed E-state index contributed by atoms with van der Waals surface area (Å²) >= 11 is 0. The molecule has 4 heteroatoms. The van der Waals surface area contributed by atoms with E-state index in [1.165, 1.54) is 48.9 Å². The van der Waals surface area contributed by atoms with Gasteiger partial charge < -0.3 is 19.0 Å². The highest BCUT2D eigenvalue weighted by Gasteiger charge is 2.28. The van der Waals surface area contributed by atoms with E-state index in [2.05, 4.69) is 155 Å². The Labute approximate surface area is 281 Å². The number of hydrogen-bond acceptors (Lipinski definition) is 3. The Hall–Kier alpha value is -6.52. The monoisotopic (exact) mass is 628 g/mol. The average Bonchev–Trinajstić information content (AvgIpc) is 3.87. The fraction of sp³-hybridized carbons (Fsp3) is 0.0222. The van der Waals surface area contributed by atoms with Crippen molar-refractivity contribution in [3.63, 3.8) is 0 Å². The molecule has 0 bridgehead atoms. The molecule has 0 amide bonds. The minimum absolute atomic E-state index is 0.317. The van der Waals surface area contributed by atoms with Crippen LogP contribution in [0, 0.1) is 0 Å². The second-order valence-corrected chi connectivity index (χ2v) is 12.9. The molecule has 1 aliphatic rings. The summed E-state index contributed by atoms with van der Waals surface area (Å²) in [5, 5.41) is 13.3. The highest BCUT2D eigenvalue weighted by atomic mass is 16.5. The number of nitrogens with one attached hydrogen (secondary N) is 1. The molecular weight excluding hydrogens is 601 g/mol. The van der Waals surface area contributed by atoms with Crippen molar-refractivity contribution in [2.24, 2.45) is 0 Å². The molecule has 4 nitrogen and oxygen atoms in total. The van der Waals surface area contributed by atoms with E-state index >= 15 is 0 Å². The van der Waals surface area contributed by atoms with Crippen LogP contribution >= 0.6 is 0 Å². The van der Waals surface area contributed by atoms with E-state index < -0.39 is 0 Å². The molecule has 1 atom stereocenters. The number of nitrogens with zero attached hydrogens (tertiary/aromatic N) is 1. The van der Waals surface area contributed by atoms with Crippen LogP contribution in [-0.2, 0) is 0 Å². The lowest BCUT2D eigenvalue weighted by Crippen LogP contribution is -2.10. The summed E-state index contributed by atoms with van der Waals surface area (Å²) in [7, 11) is 0. The van der Waals surface area contributed by atoms with Gasteiger partial charge in [-0.05, 0) is 81.2 Å². The first kappa shape index (κ1) is 26.5. The highest BCUT2D eigenvalue weighted by molar-refractivity contribution is 6.28. The zero-order valence-corrected chi connectivity index (χ0v) is 26.4. The van der Waals surface area contributed by atoms with E-state index in [4.69, 9.17) is 9.15 Å². The van der Waals surface area contributed by atoms with Gasteiger partial charge in [0.15, 0.2) is 12.0 Å². The maximum Gasteiger partial charge on any atom is 0.196 e. The van der Waals surface area contributed by atoms with Gasteiger partial charge >= 0.3 is 0 Å². The molecule has 0 spiro atoms. The number of fused-ring (bicyclic) bond motifs is 12. The summed E-state index contributed by atoms with van der Waals surface area (Å²) in [5.41, 5.74) is 9.54. The van der Waals surface area contributed by atoms with E-state index in [0.717, 1.165) is 50.2 Å². The maximum atomic E-state index is 6.71. The number of anilines is 1. The predicted octanol–water partition coefficient (Wildman–Crippen LogP) is 12.2. The van der Waals surface area contributed by atoms with Gasteiger partial charge in [-0.1, -0.05) is 109 Å². The first-order chi connectivity index (χ1) is 24.3. The summed E-state index contributed by atoms with van der Waals surface area (Å²) in [6, 6.07) is 56.1. The molecule has 1 N–H and O–H groups in total. The lowest BCUT2D eigenvalue weighted by molar-refractivity contribution is 0.263. The molecule has 0 aliphatic carbocycles. The SMILES string of the molecule is c1ccc(-c2ccc3oc4ccc5c(c4c3c2)OC(c2ccc(-n3c4ccc6ccccc6c4c4c6ccccc6ccc43)cc2)N5)cc1. The summed E-state index contributed by atoms with van der Waals surface area (Å²) in [6.07, 6.45) is -0.317. The van der Waals surface area contributed by atoms with Crippen LogP contribution < -0.4 is 10.1 Å². The number of furan rings is 1. The van der Waals surface area contributed by atoms with Gasteiger partial charge in [0.1, 0.15) is 11.2 Å². The molecule has 11 rings (SSSR count). The van der Waals surface area contributed by atoms with E-state index in [1.807, 2.05) is 12.1 Å². The molecule has 1 aliphatic heterocycles. The van der Waals surface area contributed by atoms with Gasteiger partial charge in [0.2, 0.25) is 0 Å². The third-order valence-corrected chi connectivity index (χ3v) is 10.2. The third kappa shape index (κ3) is 3.86. The Bertz CT molecular complexity index is 2840. The summed E-state index contributed by atoms with van der Waals surface area (Å²) < 4.78 is 15.4. The molecule has 0 fully saturated rings. The van der Waals surface area contributed by atoms with Crippen molar-refractivity contribution in [3.8, 4) is 22.6 Å². The standard InChI is InChI=1S/C45H28N2O2/c1-2-8-27(9-3-1)31-18-24-39-35(26-31)43-40(48-39)25-21-36-44(43)49-45(46-36)30-14-19-32(20-15-30)47-37-22-16-28-10-4-6-12-33(28)41(37)42-34-13-7-5-11-29(34)17-23-38(42)47/h1-26,45-46H. The molecule has 10 aromatic rings. The Morgan fingerprint density at radius 2 is 1.14 bits per heavy atom. The van der Waals surface area contributed by atoms with Gasteiger partial charge in [-0.2, -0.15) is 0 Å².